The summed E-state index contributed by atoms with van der Waals surface area (Å²) in [4.78, 5) is 44.4. The minimum atomic E-state index is -1.20. The molecule has 2 heterocycles. The molecule has 5 aromatic rings. The number of nitrogens with zero attached hydrogens (tertiary/aromatic N) is 2. The lowest BCUT2D eigenvalue weighted by Gasteiger charge is -2.41. The highest BCUT2D eigenvalue weighted by atomic mass is 19.1. The fourth-order valence-corrected chi connectivity index (χ4v) is 8.91. The third kappa shape index (κ3) is 3.24. The van der Waals surface area contributed by atoms with Crippen molar-refractivity contribution in [3.05, 3.63) is 70.3 Å². The quantitative estimate of drug-likeness (QED) is 0.129. The van der Waals surface area contributed by atoms with E-state index >= 15 is 8.78 Å². The fourth-order valence-electron chi connectivity index (χ4n) is 8.91. The highest BCUT2D eigenvalue weighted by Gasteiger charge is 2.42. The number of benzene rings is 5. The van der Waals surface area contributed by atoms with Gasteiger partial charge in [-0.25, -0.2) is 8.78 Å². The summed E-state index contributed by atoms with van der Waals surface area (Å²) in [5, 5.41) is 14.2. The average molecular weight is 593 g/mol. The van der Waals surface area contributed by atoms with Crippen LogP contribution in [-0.4, -0.2) is 44.7 Å². The van der Waals surface area contributed by atoms with Crippen molar-refractivity contribution in [3.8, 4) is 0 Å². The lowest BCUT2D eigenvalue weighted by Crippen LogP contribution is -2.47. The van der Waals surface area contributed by atoms with E-state index < -0.39 is 35.6 Å². The van der Waals surface area contributed by atoms with Gasteiger partial charge in [-0.3, -0.25) is 19.3 Å². The van der Waals surface area contributed by atoms with Crippen LogP contribution < -0.4 is 0 Å². The van der Waals surface area contributed by atoms with E-state index in [0.29, 0.717) is 43.4 Å². The molecule has 0 spiro atoms. The molecule has 6 nitrogen and oxygen atoms in total. The summed E-state index contributed by atoms with van der Waals surface area (Å²) in [6.45, 7) is 0. The number of imide groups is 1. The van der Waals surface area contributed by atoms with Crippen LogP contribution in [0.15, 0.2) is 36.4 Å². The van der Waals surface area contributed by atoms with Gasteiger partial charge in [0.05, 0.1) is 11.1 Å². The summed E-state index contributed by atoms with van der Waals surface area (Å²) >= 11 is 0. The zero-order valence-electron chi connectivity index (χ0n) is 24.1. The highest BCUT2D eigenvalue weighted by Crippen LogP contribution is 2.50. The molecule has 4 aliphatic rings. The molecular formula is C36H30F2N2O4. The Balaban J connectivity index is 1.34. The first kappa shape index (κ1) is 26.3. The third-order valence-electron chi connectivity index (χ3n) is 10.9. The van der Waals surface area contributed by atoms with Crippen LogP contribution in [0.3, 0.4) is 0 Å². The molecular weight excluding hydrogens is 562 g/mol. The molecule has 2 aliphatic heterocycles. The summed E-state index contributed by atoms with van der Waals surface area (Å²) in [5.74, 6) is -2.61. The predicted molar refractivity (Wildman–Crippen MR) is 163 cm³/mol. The van der Waals surface area contributed by atoms with Gasteiger partial charge in [0.2, 0.25) is 0 Å². The lowest BCUT2D eigenvalue weighted by atomic mass is 9.80. The van der Waals surface area contributed by atoms with Gasteiger partial charge in [0.1, 0.15) is 11.6 Å². The van der Waals surface area contributed by atoms with Crippen LogP contribution in [0.4, 0.5) is 8.78 Å². The van der Waals surface area contributed by atoms with Crippen LogP contribution in [0.25, 0.3) is 43.1 Å². The van der Waals surface area contributed by atoms with E-state index in [1.807, 2.05) is 0 Å². The van der Waals surface area contributed by atoms with E-state index in [2.05, 4.69) is 0 Å². The molecule has 9 rings (SSSR count). The standard InChI is InChI=1S/C36H30F2N2O4/c37-25-15-23-27-21(33(41)39(35(23)43)17-7-3-1-4-8-17)13-11-19-30-26(38)16-24-28-22(14-12-20(32(28)30)29(25)31(19)27)34(42)40(36(24)44)18-9-5-2-6-10-18/h11-18,33,41H,1-10H2. The predicted octanol–water partition coefficient (Wildman–Crippen LogP) is 7.72. The Morgan fingerprint density at radius 2 is 1.09 bits per heavy atom. The van der Waals surface area contributed by atoms with Gasteiger partial charge in [-0.05, 0) is 54.7 Å². The molecule has 44 heavy (non-hydrogen) atoms. The van der Waals surface area contributed by atoms with Gasteiger partial charge in [0.15, 0.2) is 6.23 Å². The monoisotopic (exact) mass is 592 g/mol. The van der Waals surface area contributed by atoms with Crippen molar-refractivity contribution in [1.29, 1.82) is 0 Å². The largest absolute Gasteiger partial charge is 0.369 e. The average Bonchev–Trinajstić information content (AvgIpc) is 3.04. The minimum Gasteiger partial charge on any atom is -0.369 e. The first-order valence-corrected chi connectivity index (χ1v) is 15.8. The Bertz CT molecular complexity index is 2110. The van der Waals surface area contributed by atoms with Crippen LogP contribution >= 0.6 is 0 Å². The van der Waals surface area contributed by atoms with E-state index in [9.17, 15) is 19.5 Å². The molecule has 0 radical (unpaired) electrons. The number of rotatable bonds is 2. The van der Waals surface area contributed by atoms with Gasteiger partial charge in [-0.2, -0.15) is 0 Å². The molecule has 2 aliphatic carbocycles. The van der Waals surface area contributed by atoms with Crippen molar-refractivity contribution < 1.29 is 28.3 Å². The maximum Gasteiger partial charge on any atom is 0.261 e. The zero-order chi connectivity index (χ0) is 30.0. The van der Waals surface area contributed by atoms with Crippen molar-refractivity contribution in [2.75, 3.05) is 0 Å². The van der Waals surface area contributed by atoms with Crippen LogP contribution in [0.2, 0.25) is 0 Å². The number of carbonyl (C=O) groups is 3. The first-order valence-electron chi connectivity index (χ1n) is 15.8. The number of fused-ring (bicyclic) bond motifs is 2. The Morgan fingerprint density at radius 3 is 1.73 bits per heavy atom. The molecule has 0 bridgehead atoms. The number of carbonyl (C=O) groups excluding carboxylic acids is 3. The molecule has 222 valence electrons. The highest BCUT2D eigenvalue weighted by molar-refractivity contribution is 6.39. The second kappa shape index (κ2) is 9.17. The van der Waals surface area contributed by atoms with Gasteiger partial charge >= 0.3 is 0 Å². The SMILES string of the molecule is O=C1c2ccc3c4c(F)cc5c6c(ccc(c7c(F)cc(c2c37)C(=O)N1C1CCCCC1)c64)C(O)N(C1CCCCC1)C5=O. The number of aliphatic hydroxyl groups excluding tert-OH is 1. The Labute approximate surface area is 251 Å². The van der Waals surface area contributed by atoms with Gasteiger partial charge in [-0.15, -0.1) is 0 Å². The van der Waals surface area contributed by atoms with Crippen LogP contribution in [0.5, 0.6) is 0 Å². The molecule has 3 amide bonds. The number of halogens is 2. The first-order chi connectivity index (χ1) is 21.4. The smallest absolute Gasteiger partial charge is 0.261 e. The number of hydrogen-bond donors (Lipinski definition) is 1. The summed E-state index contributed by atoms with van der Waals surface area (Å²) in [7, 11) is 0. The van der Waals surface area contributed by atoms with Crippen molar-refractivity contribution in [2.24, 2.45) is 0 Å². The third-order valence-corrected chi connectivity index (χ3v) is 10.9. The van der Waals surface area contributed by atoms with Gasteiger partial charge in [-0.1, -0.05) is 56.7 Å². The van der Waals surface area contributed by atoms with E-state index in [1.54, 1.807) is 24.3 Å². The molecule has 8 heteroatoms. The summed E-state index contributed by atoms with van der Waals surface area (Å²) < 4.78 is 32.8. The van der Waals surface area contributed by atoms with Gasteiger partial charge in [0, 0.05) is 55.5 Å². The van der Waals surface area contributed by atoms with Crippen LogP contribution in [0, 0.1) is 11.6 Å². The van der Waals surface area contributed by atoms with E-state index in [-0.39, 0.29) is 34.0 Å². The maximum absolute atomic E-state index is 16.4. The van der Waals surface area contributed by atoms with E-state index in [1.165, 1.54) is 21.9 Å². The molecule has 5 aromatic carbocycles. The molecule has 1 atom stereocenters. The molecule has 0 aromatic heterocycles. The molecule has 1 N–H and O–H groups in total. The van der Waals surface area contributed by atoms with E-state index in [4.69, 9.17) is 0 Å². The lowest BCUT2D eigenvalue weighted by molar-refractivity contribution is -0.0228. The van der Waals surface area contributed by atoms with Gasteiger partial charge in [0.25, 0.3) is 17.7 Å². The molecule has 0 saturated heterocycles. The van der Waals surface area contributed by atoms with Crippen molar-refractivity contribution in [3.63, 3.8) is 0 Å². The maximum atomic E-state index is 16.4. The van der Waals surface area contributed by atoms with E-state index in [0.717, 1.165) is 64.2 Å². The van der Waals surface area contributed by atoms with Gasteiger partial charge < -0.3 is 10.0 Å². The summed E-state index contributed by atoms with van der Waals surface area (Å²) in [6, 6.07) is 8.75. The Hall–Kier alpha value is -4.17. The minimum absolute atomic E-state index is 0.117. The molecule has 2 fully saturated rings. The normalized spacial score (nSPS) is 21.6. The number of aliphatic hydroxyl groups is 1. The van der Waals surface area contributed by atoms with Crippen molar-refractivity contribution in [1.82, 2.24) is 9.80 Å². The summed E-state index contributed by atoms with van der Waals surface area (Å²) in [5.41, 5.74) is 1.09. The van der Waals surface area contributed by atoms with Crippen molar-refractivity contribution >= 4 is 60.8 Å². The van der Waals surface area contributed by atoms with Crippen LogP contribution in [0.1, 0.15) is 107 Å². The molecule has 2 saturated carbocycles. The fraction of sp³-hybridized carbons (Fsp3) is 0.361. The number of hydrogen-bond acceptors (Lipinski definition) is 4. The van der Waals surface area contributed by atoms with Crippen LogP contribution in [-0.2, 0) is 0 Å². The Kier molecular flexibility index (Phi) is 5.47. The Morgan fingerprint density at radius 1 is 0.568 bits per heavy atom. The molecule has 1 unspecified atom stereocenters. The number of amides is 3. The second-order valence-corrected chi connectivity index (χ2v) is 13.1. The topological polar surface area (TPSA) is 77.9 Å². The second-order valence-electron chi connectivity index (χ2n) is 13.1. The zero-order valence-corrected chi connectivity index (χ0v) is 24.1. The summed E-state index contributed by atoms with van der Waals surface area (Å²) in [6.07, 6.45) is 7.72. The van der Waals surface area contributed by atoms with Crippen molar-refractivity contribution in [2.45, 2.75) is 82.5 Å².